The second-order valence-corrected chi connectivity index (χ2v) is 6.57. The molecule has 0 fully saturated rings. The van der Waals surface area contributed by atoms with Crippen LogP contribution in [-0.4, -0.2) is 17.4 Å². The van der Waals surface area contributed by atoms with Crippen LogP contribution in [0.4, 0.5) is 0 Å². The molecule has 4 aromatic rings. The summed E-state index contributed by atoms with van der Waals surface area (Å²) in [6, 6.07) is 17.8. The number of hydrogen-bond acceptors (Lipinski definition) is 3. The summed E-state index contributed by atoms with van der Waals surface area (Å²) in [4.78, 5) is 4.84. The number of methoxy groups -OCH3 is 1. The SMILES string of the molecule is COc1cccc2cc(C3=NCc4cccc(Cl)c4-n4cccc43)oc12. The minimum atomic E-state index is 0.543. The van der Waals surface area contributed by atoms with Gasteiger partial charge in [0.1, 0.15) is 5.71 Å². The highest BCUT2D eigenvalue weighted by molar-refractivity contribution is 6.32. The van der Waals surface area contributed by atoms with Gasteiger partial charge in [-0.3, -0.25) is 4.99 Å². The third-order valence-corrected chi connectivity index (χ3v) is 4.98. The predicted molar refractivity (Wildman–Crippen MR) is 103 cm³/mol. The van der Waals surface area contributed by atoms with Crippen molar-refractivity contribution in [3.05, 3.63) is 82.8 Å². The van der Waals surface area contributed by atoms with Gasteiger partial charge in [-0.1, -0.05) is 35.9 Å². The zero-order valence-corrected chi connectivity index (χ0v) is 14.8. The Morgan fingerprint density at radius 2 is 2.00 bits per heavy atom. The summed E-state index contributed by atoms with van der Waals surface area (Å²) >= 11 is 6.49. The smallest absolute Gasteiger partial charge is 0.176 e. The summed E-state index contributed by atoms with van der Waals surface area (Å²) in [5, 5.41) is 1.70. The summed E-state index contributed by atoms with van der Waals surface area (Å²) < 4.78 is 13.6. The highest BCUT2D eigenvalue weighted by Gasteiger charge is 2.22. The molecule has 0 unspecified atom stereocenters. The van der Waals surface area contributed by atoms with Crippen LogP contribution in [0.2, 0.25) is 5.02 Å². The topological polar surface area (TPSA) is 39.7 Å². The van der Waals surface area contributed by atoms with Gasteiger partial charge in [0.25, 0.3) is 0 Å². The Kier molecular flexibility index (Phi) is 3.40. The van der Waals surface area contributed by atoms with Crippen LogP contribution in [0.1, 0.15) is 17.0 Å². The number of ether oxygens (including phenoxy) is 1. The number of benzene rings is 2. The Hall–Kier alpha value is -2.98. The number of fused-ring (bicyclic) bond motifs is 4. The van der Waals surface area contributed by atoms with E-state index in [1.165, 1.54) is 0 Å². The first-order valence-corrected chi connectivity index (χ1v) is 8.71. The first-order valence-electron chi connectivity index (χ1n) is 8.33. The first-order chi connectivity index (χ1) is 12.8. The van der Waals surface area contributed by atoms with Crippen LogP contribution in [0.3, 0.4) is 0 Å². The van der Waals surface area contributed by atoms with Gasteiger partial charge in [-0.2, -0.15) is 0 Å². The molecule has 1 aliphatic heterocycles. The zero-order valence-electron chi connectivity index (χ0n) is 14.1. The maximum Gasteiger partial charge on any atom is 0.176 e. The molecule has 5 heteroatoms. The summed E-state index contributed by atoms with van der Waals surface area (Å²) in [5.41, 5.74) is 4.54. The summed E-state index contributed by atoms with van der Waals surface area (Å²) in [5.74, 6) is 1.43. The second-order valence-electron chi connectivity index (χ2n) is 6.17. The second kappa shape index (κ2) is 5.78. The first kappa shape index (κ1) is 15.3. The number of hydrogen-bond donors (Lipinski definition) is 0. The largest absolute Gasteiger partial charge is 0.493 e. The van der Waals surface area contributed by atoms with E-state index >= 15 is 0 Å². The molecule has 0 bridgehead atoms. The number of furan rings is 1. The van der Waals surface area contributed by atoms with E-state index < -0.39 is 0 Å². The fraction of sp³-hybridized carbons (Fsp3) is 0.0952. The van der Waals surface area contributed by atoms with E-state index in [-0.39, 0.29) is 0 Å². The van der Waals surface area contributed by atoms with Crippen molar-refractivity contribution in [2.24, 2.45) is 4.99 Å². The molecule has 4 nitrogen and oxygen atoms in total. The summed E-state index contributed by atoms with van der Waals surface area (Å²) in [6.45, 7) is 0.543. The molecule has 2 aromatic carbocycles. The lowest BCUT2D eigenvalue weighted by Gasteiger charge is -2.11. The zero-order chi connectivity index (χ0) is 17.7. The quantitative estimate of drug-likeness (QED) is 0.489. The molecule has 1 aliphatic rings. The van der Waals surface area contributed by atoms with Crippen LogP contribution >= 0.6 is 11.6 Å². The molecular weight excluding hydrogens is 348 g/mol. The Balaban J connectivity index is 1.73. The summed E-state index contributed by atoms with van der Waals surface area (Å²) in [6.07, 6.45) is 2.00. The third kappa shape index (κ3) is 2.19. The number of rotatable bonds is 2. The van der Waals surface area contributed by atoms with Gasteiger partial charge in [0, 0.05) is 11.6 Å². The lowest BCUT2D eigenvalue weighted by atomic mass is 10.1. The minimum Gasteiger partial charge on any atom is -0.493 e. The standard InChI is InChI=1S/C21H15ClN2O2/c1-25-17-9-3-5-13-11-18(26-21(13)17)19-16-8-4-10-24(16)20-14(12-23-19)6-2-7-15(20)22/h2-11H,12H2,1H3. The Bertz CT molecular complexity index is 1170. The van der Waals surface area contributed by atoms with E-state index in [1.807, 2.05) is 54.7 Å². The molecule has 0 saturated carbocycles. The number of halogens is 1. The van der Waals surface area contributed by atoms with E-state index in [0.29, 0.717) is 23.1 Å². The van der Waals surface area contributed by atoms with Gasteiger partial charge < -0.3 is 13.7 Å². The molecule has 0 radical (unpaired) electrons. The normalized spacial score (nSPS) is 13.1. The summed E-state index contributed by atoms with van der Waals surface area (Å²) in [7, 11) is 1.64. The number of aliphatic imine (C=N–C) groups is 1. The molecule has 0 atom stereocenters. The van der Waals surface area contributed by atoms with Gasteiger partial charge >= 0.3 is 0 Å². The van der Waals surface area contributed by atoms with Gasteiger partial charge in [-0.25, -0.2) is 0 Å². The van der Waals surface area contributed by atoms with Crippen LogP contribution in [0.15, 0.2) is 70.2 Å². The molecule has 5 rings (SSSR count). The van der Waals surface area contributed by atoms with Crippen molar-refractivity contribution in [3.8, 4) is 11.4 Å². The molecule has 0 amide bonds. The van der Waals surface area contributed by atoms with Crippen molar-refractivity contribution < 1.29 is 9.15 Å². The molecular formula is C21H15ClN2O2. The van der Waals surface area contributed by atoms with Gasteiger partial charge in [0.15, 0.2) is 17.1 Å². The van der Waals surface area contributed by atoms with E-state index in [4.69, 9.17) is 25.7 Å². The van der Waals surface area contributed by atoms with E-state index in [1.54, 1.807) is 7.11 Å². The molecule has 0 spiro atoms. The van der Waals surface area contributed by atoms with Gasteiger partial charge in [-0.15, -0.1) is 0 Å². The van der Waals surface area contributed by atoms with Crippen molar-refractivity contribution in [2.45, 2.75) is 6.54 Å². The molecule has 2 aromatic heterocycles. The van der Waals surface area contributed by atoms with E-state index in [2.05, 4.69) is 10.6 Å². The van der Waals surface area contributed by atoms with Gasteiger partial charge in [0.05, 0.1) is 30.1 Å². The Morgan fingerprint density at radius 3 is 2.88 bits per heavy atom. The third-order valence-electron chi connectivity index (χ3n) is 4.67. The van der Waals surface area contributed by atoms with Crippen LogP contribution in [0, 0.1) is 0 Å². The maximum atomic E-state index is 6.49. The van der Waals surface area contributed by atoms with Gasteiger partial charge in [-0.05, 0) is 35.9 Å². The van der Waals surface area contributed by atoms with Crippen molar-refractivity contribution in [1.29, 1.82) is 0 Å². The molecule has 0 N–H and O–H groups in total. The Morgan fingerprint density at radius 1 is 1.12 bits per heavy atom. The predicted octanol–water partition coefficient (Wildman–Crippen LogP) is 5.24. The fourth-order valence-corrected chi connectivity index (χ4v) is 3.77. The molecule has 3 heterocycles. The number of aromatic nitrogens is 1. The highest BCUT2D eigenvalue weighted by Crippen LogP contribution is 2.33. The van der Waals surface area contributed by atoms with Crippen LogP contribution in [0.5, 0.6) is 5.75 Å². The Labute approximate surface area is 155 Å². The van der Waals surface area contributed by atoms with Crippen LogP contribution < -0.4 is 4.74 Å². The van der Waals surface area contributed by atoms with E-state index in [0.717, 1.165) is 33.6 Å². The maximum absolute atomic E-state index is 6.49. The van der Waals surface area contributed by atoms with Crippen molar-refractivity contribution in [1.82, 2.24) is 4.57 Å². The van der Waals surface area contributed by atoms with Crippen LogP contribution in [0.25, 0.3) is 16.7 Å². The highest BCUT2D eigenvalue weighted by atomic mass is 35.5. The van der Waals surface area contributed by atoms with Gasteiger partial charge in [0.2, 0.25) is 0 Å². The molecule has 0 saturated heterocycles. The molecule has 0 aliphatic carbocycles. The molecule has 26 heavy (non-hydrogen) atoms. The van der Waals surface area contributed by atoms with Crippen LogP contribution in [-0.2, 0) is 6.54 Å². The average Bonchev–Trinajstić information content (AvgIpc) is 3.26. The minimum absolute atomic E-state index is 0.543. The van der Waals surface area contributed by atoms with Crippen molar-refractivity contribution in [2.75, 3.05) is 7.11 Å². The number of nitrogens with zero attached hydrogens (tertiary/aromatic N) is 2. The average molecular weight is 363 g/mol. The molecule has 128 valence electrons. The monoisotopic (exact) mass is 362 g/mol. The lowest BCUT2D eigenvalue weighted by molar-refractivity contribution is 0.410. The van der Waals surface area contributed by atoms with Crippen molar-refractivity contribution >= 4 is 28.3 Å². The number of para-hydroxylation sites is 2. The van der Waals surface area contributed by atoms with Crippen molar-refractivity contribution in [3.63, 3.8) is 0 Å². The lowest BCUT2D eigenvalue weighted by Crippen LogP contribution is -2.07. The fourth-order valence-electron chi connectivity index (χ4n) is 3.49. The van der Waals surface area contributed by atoms with E-state index in [9.17, 15) is 0 Å².